The van der Waals surface area contributed by atoms with Gasteiger partial charge in [0.1, 0.15) is 0 Å². The van der Waals surface area contributed by atoms with Gasteiger partial charge in [-0.1, -0.05) is 48.5 Å². The van der Waals surface area contributed by atoms with Crippen LogP contribution in [0, 0.1) is 5.92 Å². The molecule has 0 radical (unpaired) electrons. The third-order valence-electron chi connectivity index (χ3n) is 2.69. The summed E-state index contributed by atoms with van der Waals surface area (Å²) < 4.78 is 0. The van der Waals surface area contributed by atoms with Crippen LogP contribution in [0.4, 0.5) is 0 Å². The zero-order valence-corrected chi connectivity index (χ0v) is 9.96. The maximum atomic E-state index is 5.69. The molecule has 0 aromatic carbocycles. The highest BCUT2D eigenvalue weighted by atomic mass is 14.5. The molecule has 15 heavy (non-hydrogen) atoms. The average molecular weight is 203 g/mol. The van der Waals surface area contributed by atoms with Crippen molar-refractivity contribution < 1.29 is 0 Å². The zero-order chi connectivity index (χ0) is 11.3. The summed E-state index contributed by atoms with van der Waals surface area (Å²) in [5.74, 6) is 0.434. The van der Waals surface area contributed by atoms with Crippen molar-refractivity contribution in [1.29, 1.82) is 0 Å². The Hall–Kier alpha value is -1.08. The smallest absolute Gasteiger partial charge is 0.00109 e. The summed E-state index contributed by atoms with van der Waals surface area (Å²) in [4.78, 5) is 0. The molecule has 0 fully saturated rings. The van der Waals surface area contributed by atoms with Gasteiger partial charge in [0.2, 0.25) is 0 Å². The van der Waals surface area contributed by atoms with Crippen molar-refractivity contribution >= 4 is 0 Å². The van der Waals surface area contributed by atoms with Gasteiger partial charge in [0.15, 0.2) is 0 Å². The van der Waals surface area contributed by atoms with Gasteiger partial charge in [0.25, 0.3) is 0 Å². The largest absolute Gasteiger partial charge is 0.330 e. The first-order chi connectivity index (χ1) is 7.13. The fraction of sp³-hybridized carbons (Fsp3) is 0.429. The van der Waals surface area contributed by atoms with Crippen molar-refractivity contribution in [3.8, 4) is 0 Å². The second kappa shape index (κ2) is 5.72. The molecule has 0 aromatic rings. The lowest BCUT2D eigenvalue weighted by molar-refractivity contribution is 0.710. The normalized spacial score (nSPS) is 29.7. The van der Waals surface area contributed by atoms with E-state index in [9.17, 15) is 0 Å². The second-order valence-corrected chi connectivity index (χ2v) is 4.31. The summed E-state index contributed by atoms with van der Waals surface area (Å²) >= 11 is 0. The molecule has 1 nitrogen and oxygen atoms in total. The van der Waals surface area contributed by atoms with Crippen LogP contribution in [0.25, 0.3) is 0 Å². The summed E-state index contributed by atoms with van der Waals surface area (Å²) in [7, 11) is 0. The number of nitrogens with two attached hydrogens (primary N) is 1. The van der Waals surface area contributed by atoms with E-state index in [1.807, 2.05) is 0 Å². The lowest BCUT2D eigenvalue weighted by atomic mass is 10.00. The van der Waals surface area contributed by atoms with Gasteiger partial charge in [0, 0.05) is 0 Å². The molecule has 1 aliphatic carbocycles. The Morgan fingerprint density at radius 3 is 2.73 bits per heavy atom. The molecule has 0 amide bonds. The summed E-state index contributed by atoms with van der Waals surface area (Å²) in [5, 5.41) is 0. The van der Waals surface area contributed by atoms with Crippen molar-refractivity contribution in [2.24, 2.45) is 11.7 Å². The molecule has 0 saturated heterocycles. The Bertz CT molecular complexity index is 329. The maximum absolute atomic E-state index is 5.69. The number of allylic oxidation sites excluding steroid dienone is 7. The third-order valence-corrected chi connectivity index (χ3v) is 2.69. The monoisotopic (exact) mass is 203 g/mol. The fourth-order valence-electron chi connectivity index (χ4n) is 1.62. The van der Waals surface area contributed by atoms with Gasteiger partial charge in [-0.15, -0.1) is 0 Å². The molecule has 0 aromatic heterocycles. The van der Waals surface area contributed by atoms with Crippen LogP contribution >= 0.6 is 0 Å². The molecule has 0 spiro atoms. The minimum atomic E-state index is 0.434. The Balaban J connectivity index is 2.93. The van der Waals surface area contributed by atoms with Gasteiger partial charge in [0.05, 0.1) is 0 Å². The summed E-state index contributed by atoms with van der Waals surface area (Å²) in [6.07, 6.45) is 12.0. The van der Waals surface area contributed by atoms with Gasteiger partial charge in [-0.05, 0) is 38.3 Å². The Morgan fingerprint density at radius 1 is 1.33 bits per heavy atom. The Morgan fingerprint density at radius 2 is 2.07 bits per heavy atom. The summed E-state index contributed by atoms with van der Waals surface area (Å²) in [6.45, 7) is 7.17. The molecule has 1 aliphatic rings. The van der Waals surface area contributed by atoms with Gasteiger partial charge >= 0.3 is 0 Å². The van der Waals surface area contributed by atoms with Crippen LogP contribution in [-0.4, -0.2) is 6.54 Å². The van der Waals surface area contributed by atoms with E-state index in [1.165, 1.54) is 16.7 Å². The van der Waals surface area contributed by atoms with Crippen LogP contribution in [0.5, 0.6) is 0 Å². The quantitative estimate of drug-likeness (QED) is 0.731. The van der Waals surface area contributed by atoms with Crippen molar-refractivity contribution in [3.63, 3.8) is 0 Å². The topological polar surface area (TPSA) is 26.0 Å². The Labute approximate surface area is 93.1 Å². The number of hydrogen-bond donors (Lipinski definition) is 1. The molecule has 1 heteroatoms. The van der Waals surface area contributed by atoms with E-state index in [0.29, 0.717) is 12.5 Å². The van der Waals surface area contributed by atoms with E-state index >= 15 is 0 Å². The van der Waals surface area contributed by atoms with E-state index in [1.54, 1.807) is 0 Å². The summed E-state index contributed by atoms with van der Waals surface area (Å²) in [5.41, 5.74) is 9.71. The van der Waals surface area contributed by atoms with E-state index in [-0.39, 0.29) is 0 Å². The van der Waals surface area contributed by atoms with Gasteiger partial charge in [-0.25, -0.2) is 0 Å². The first kappa shape index (κ1) is 12.0. The van der Waals surface area contributed by atoms with Crippen LogP contribution in [0.15, 0.2) is 47.1 Å². The van der Waals surface area contributed by atoms with E-state index in [4.69, 9.17) is 5.73 Å². The minimum absolute atomic E-state index is 0.434. The molecular formula is C14H21N. The number of hydrogen-bond acceptors (Lipinski definition) is 1. The van der Waals surface area contributed by atoms with Crippen LogP contribution in [0.2, 0.25) is 0 Å². The van der Waals surface area contributed by atoms with E-state index in [0.717, 1.165) is 6.42 Å². The predicted molar refractivity (Wildman–Crippen MR) is 67.6 cm³/mol. The molecule has 0 heterocycles. The molecular weight excluding hydrogens is 182 g/mol. The van der Waals surface area contributed by atoms with Crippen LogP contribution in [0.3, 0.4) is 0 Å². The fourth-order valence-corrected chi connectivity index (χ4v) is 1.62. The van der Waals surface area contributed by atoms with Crippen molar-refractivity contribution in [1.82, 2.24) is 0 Å². The van der Waals surface area contributed by atoms with E-state index < -0.39 is 0 Å². The molecule has 1 atom stereocenters. The molecule has 1 rings (SSSR count). The SMILES string of the molecule is CC1=C/C=C(/[C@H](C)CN)C=CC/C(C)=C\1. The third kappa shape index (κ3) is 3.88. The second-order valence-electron chi connectivity index (χ2n) is 4.31. The van der Waals surface area contributed by atoms with Crippen molar-refractivity contribution in [2.75, 3.05) is 6.54 Å². The minimum Gasteiger partial charge on any atom is -0.330 e. The first-order valence-electron chi connectivity index (χ1n) is 5.55. The first-order valence-corrected chi connectivity index (χ1v) is 5.55. The maximum Gasteiger partial charge on any atom is -0.00109 e. The Kier molecular flexibility index (Phi) is 4.57. The highest BCUT2D eigenvalue weighted by Gasteiger charge is 2.03. The molecule has 0 bridgehead atoms. The highest BCUT2D eigenvalue weighted by molar-refractivity contribution is 5.34. The number of rotatable bonds is 2. The lowest BCUT2D eigenvalue weighted by Crippen LogP contribution is -2.12. The zero-order valence-electron chi connectivity index (χ0n) is 9.96. The van der Waals surface area contributed by atoms with Gasteiger partial charge in [-0.2, -0.15) is 0 Å². The molecule has 82 valence electrons. The highest BCUT2D eigenvalue weighted by Crippen LogP contribution is 2.16. The van der Waals surface area contributed by atoms with Crippen molar-refractivity contribution in [2.45, 2.75) is 27.2 Å². The average Bonchev–Trinajstić information content (AvgIpc) is 2.28. The van der Waals surface area contributed by atoms with Crippen LogP contribution in [0.1, 0.15) is 27.2 Å². The van der Waals surface area contributed by atoms with E-state index in [2.05, 4.69) is 51.2 Å². The molecule has 0 unspecified atom stereocenters. The molecule has 2 N–H and O–H groups in total. The van der Waals surface area contributed by atoms with Crippen LogP contribution in [-0.2, 0) is 0 Å². The molecule has 0 saturated carbocycles. The lowest BCUT2D eigenvalue weighted by Gasteiger charge is -2.08. The predicted octanol–water partition coefficient (Wildman–Crippen LogP) is 3.36. The summed E-state index contributed by atoms with van der Waals surface area (Å²) in [6, 6.07) is 0. The van der Waals surface area contributed by atoms with Gasteiger partial charge in [-0.3, -0.25) is 0 Å². The van der Waals surface area contributed by atoms with Crippen LogP contribution < -0.4 is 5.73 Å². The molecule has 0 aliphatic heterocycles. The standard InChI is InChI=1S/C14H21N/c1-11-5-4-6-14(13(3)10-15)8-7-12(2)9-11/h4,6-9,13H,5,10,15H2,1-3H3/b6-4?,11-9-,12-7-,14-8+/t13-/m1/s1. The van der Waals surface area contributed by atoms with Gasteiger partial charge < -0.3 is 5.73 Å². The van der Waals surface area contributed by atoms with Crippen molar-refractivity contribution in [3.05, 3.63) is 47.1 Å².